The van der Waals surface area contributed by atoms with E-state index in [0.29, 0.717) is 0 Å². The highest BCUT2D eigenvalue weighted by Crippen LogP contribution is 2.13. The molecule has 1 heterocycles. The fourth-order valence-corrected chi connectivity index (χ4v) is 1.39. The first-order valence-electron chi connectivity index (χ1n) is 4.37. The van der Waals surface area contributed by atoms with Gasteiger partial charge in [-0.15, -0.1) is 0 Å². The monoisotopic (exact) mass is 169 g/mol. The number of hydrogen-bond acceptors (Lipinski definition) is 1. The van der Waals surface area contributed by atoms with E-state index < -0.39 is 0 Å². The van der Waals surface area contributed by atoms with Crippen LogP contribution in [0.5, 0.6) is 0 Å². The average molecular weight is 169 g/mol. The van der Waals surface area contributed by atoms with Crippen LogP contribution in [-0.2, 0) is 0 Å². The zero-order chi connectivity index (χ0) is 9.10. The Morgan fingerprint density at radius 2 is 2.15 bits per heavy atom. The van der Waals surface area contributed by atoms with Crippen molar-refractivity contribution in [3.05, 3.63) is 48.2 Å². The van der Waals surface area contributed by atoms with Crippen molar-refractivity contribution in [2.75, 3.05) is 0 Å². The topological polar surface area (TPSA) is 12.9 Å². The maximum Gasteiger partial charge on any atom is 0.0702 e. The van der Waals surface area contributed by atoms with Gasteiger partial charge in [-0.3, -0.25) is 4.98 Å². The van der Waals surface area contributed by atoms with E-state index in [0.717, 1.165) is 5.52 Å². The van der Waals surface area contributed by atoms with Gasteiger partial charge in [-0.2, -0.15) is 0 Å². The summed E-state index contributed by atoms with van der Waals surface area (Å²) in [4.78, 5) is 4.26. The minimum absolute atomic E-state index is 1.05. The van der Waals surface area contributed by atoms with E-state index in [1.165, 1.54) is 10.9 Å². The van der Waals surface area contributed by atoms with Crippen molar-refractivity contribution in [3.63, 3.8) is 0 Å². The highest BCUT2D eigenvalue weighted by molar-refractivity contribution is 5.80. The van der Waals surface area contributed by atoms with Gasteiger partial charge in [0.05, 0.1) is 5.52 Å². The summed E-state index contributed by atoms with van der Waals surface area (Å²) in [5.74, 6) is 0. The van der Waals surface area contributed by atoms with E-state index >= 15 is 0 Å². The van der Waals surface area contributed by atoms with Crippen molar-refractivity contribution in [1.82, 2.24) is 4.98 Å². The van der Waals surface area contributed by atoms with Crippen LogP contribution in [0.25, 0.3) is 17.0 Å². The van der Waals surface area contributed by atoms with Crippen LogP contribution in [-0.4, -0.2) is 4.98 Å². The zero-order valence-electron chi connectivity index (χ0n) is 7.57. The summed E-state index contributed by atoms with van der Waals surface area (Å²) in [7, 11) is 0. The van der Waals surface area contributed by atoms with Crippen molar-refractivity contribution in [1.29, 1.82) is 0 Å². The van der Waals surface area contributed by atoms with Gasteiger partial charge < -0.3 is 0 Å². The number of rotatable bonds is 1. The molecule has 0 aliphatic carbocycles. The lowest BCUT2D eigenvalue weighted by molar-refractivity contribution is 1.41. The number of allylic oxidation sites excluding steroid dienone is 1. The molecule has 1 aromatic heterocycles. The summed E-state index contributed by atoms with van der Waals surface area (Å²) in [6.45, 7) is 2.02. The Kier molecular flexibility index (Phi) is 2.09. The van der Waals surface area contributed by atoms with E-state index in [4.69, 9.17) is 0 Å². The molecule has 0 atom stereocenters. The average Bonchev–Trinajstić information content (AvgIpc) is 2.18. The van der Waals surface area contributed by atoms with Gasteiger partial charge in [-0.05, 0) is 30.7 Å². The SMILES string of the molecule is C/C=C\c1ccc2ncccc2c1. The maximum absolute atomic E-state index is 4.26. The second kappa shape index (κ2) is 3.40. The van der Waals surface area contributed by atoms with Crippen molar-refractivity contribution in [2.24, 2.45) is 0 Å². The fourth-order valence-electron chi connectivity index (χ4n) is 1.39. The number of hydrogen-bond donors (Lipinski definition) is 0. The van der Waals surface area contributed by atoms with E-state index in [-0.39, 0.29) is 0 Å². The molecule has 1 heteroatoms. The van der Waals surface area contributed by atoms with Crippen molar-refractivity contribution in [3.8, 4) is 0 Å². The summed E-state index contributed by atoms with van der Waals surface area (Å²) in [6, 6.07) is 10.3. The first kappa shape index (κ1) is 7.99. The van der Waals surface area contributed by atoms with Gasteiger partial charge in [0.2, 0.25) is 0 Å². The molecule has 2 rings (SSSR count). The predicted octanol–water partition coefficient (Wildman–Crippen LogP) is 3.27. The first-order chi connectivity index (χ1) is 6.40. The molecule has 0 radical (unpaired) electrons. The number of nitrogens with zero attached hydrogens (tertiary/aromatic N) is 1. The van der Waals surface area contributed by atoms with E-state index in [1.807, 2.05) is 31.3 Å². The van der Waals surface area contributed by atoms with Crippen molar-refractivity contribution < 1.29 is 0 Å². The smallest absolute Gasteiger partial charge is 0.0702 e. The molecule has 64 valence electrons. The molecule has 0 aliphatic rings. The Morgan fingerprint density at radius 1 is 1.23 bits per heavy atom. The maximum atomic E-state index is 4.26. The fraction of sp³-hybridized carbons (Fsp3) is 0.0833. The van der Waals surface area contributed by atoms with Gasteiger partial charge in [0.1, 0.15) is 0 Å². The van der Waals surface area contributed by atoms with E-state index in [9.17, 15) is 0 Å². The molecule has 0 aliphatic heterocycles. The van der Waals surface area contributed by atoms with Crippen LogP contribution in [0, 0.1) is 0 Å². The van der Waals surface area contributed by atoms with Crippen LogP contribution >= 0.6 is 0 Å². The third-order valence-corrected chi connectivity index (χ3v) is 1.99. The Hall–Kier alpha value is -1.63. The number of pyridine rings is 1. The number of aromatic nitrogens is 1. The number of benzene rings is 1. The van der Waals surface area contributed by atoms with Crippen LogP contribution in [0.2, 0.25) is 0 Å². The number of fused-ring (bicyclic) bond motifs is 1. The van der Waals surface area contributed by atoms with Gasteiger partial charge in [0.25, 0.3) is 0 Å². The summed E-state index contributed by atoms with van der Waals surface area (Å²) < 4.78 is 0. The molecule has 0 saturated heterocycles. The molecule has 0 spiro atoms. The summed E-state index contributed by atoms with van der Waals surface area (Å²) in [5, 5.41) is 1.19. The second-order valence-corrected chi connectivity index (χ2v) is 2.96. The third kappa shape index (κ3) is 1.59. The second-order valence-electron chi connectivity index (χ2n) is 2.96. The first-order valence-corrected chi connectivity index (χ1v) is 4.37. The van der Waals surface area contributed by atoms with Crippen LogP contribution in [0.3, 0.4) is 0 Å². The molecule has 0 fully saturated rings. The van der Waals surface area contributed by atoms with Crippen molar-refractivity contribution in [2.45, 2.75) is 6.92 Å². The van der Waals surface area contributed by atoms with Gasteiger partial charge in [-0.1, -0.05) is 24.3 Å². The third-order valence-electron chi connectivity index (χ3n) is 1.99. The van der Waals surface area contributed by atoms with Crippen molar-refractivity contribution >= 4 is 17.0 Å². The molecule has 0 N–H and O–H groups in total. The summed E-state index contributed by atoms with van der Waals surface area (Å²) in [5.41, 5.74) is 2.28. The highest BCUT2D eigenvalue weighted by atomic mass is 14.6. The molecular formula is C12H11N. The zero-order valence-corrected chi connectivity index (χ0v) is 7.57. The molecule has 0 unspecified atom stereocenters. The minimum atomic E-state index is 1.05. The van der Waals surface area contributed by atoms with Gasteiger partial charge >= 0.3 is 0 Å². The standard InChI is InChI=1S/C12H11N/c1-2-4-10-6-7-12-11(9-10)5-3-8-13-12/h2-9H,1H3/b4-2-. The molecule has 0 saturated carbocycles. The van der Waals surface area contributed by atoms with Crippen LogP contribution in [0.15, 0.2) is 42.6 Å². The predicted molar refractivity (Wildman–Crippen MR) is 56.5 cm³/mol. The van der Waals surface area contributed by atoms with Gasteiger partial charge in [-0.25, -0.2) is 0 Å². The normalized spacial score (nSPS) is 11.2. The highest BCUT2D eigenvalue weighted by Gasteiger charge is 1.92. The van der Waals surface area contributed by atoms with E-state index in [1.54, 1.807) is 0 Å². The lowest BCUT2D eigenvalue weighted by Gasteiger charge is -1.97. The molecule has 0 bridgehead atoms. The van der Waals surface area contributed by atoms with Crippen LogP contribution in [0.1, 0.15) is 12.5 Å². The molecule has 2 aromatic rings. The minimum Gasteiger partial charge on any atom is -0.256 e. The van der Waals surface area contributed by atoms with Crippen LogP contribution < -0.4 is 0 Å². The Morgan fingerprint density at radius 3 is 3.00 bits per heavy atom. The van der Waals surface area contributed by atoms with Gasteiger partial charge in [0.15, 0.2) is 0 Å². The molecular weight excluding hydrogens is 158 g/mol. The molecule has 1 aromatic carbocycles. The Bertz CT molecular complexity index is 444. The largest absolute Gasteiger partial charge is 0.256 e. The Balaban J connectivity index is 2.62. The lowest BCUT2D eigenvalue weighted by atomic mass is 10.1. The summed E-state index contributed by atoms with van der Waals surface area (Å²) in [6.07, 6.45) is 5.95. The van der Waals surface area contributed by atoms with Gasteiger partial charge in [0, 0.05) is 11.6 Å². The molecule has 13 heavy (non-hydrogen) atoms. The van der Waals surface area contributed by atoms with E-state index in [2.05, 4.69) is 29.3 Å². The van der Waals surface area contributed by atoms with Crippen LogP contribution in [0.4, 0.5) is 0 Å². The quantitative estimate of drug-likeness (QED) is 0.638. The summed E-state index contributed by atoms with van der Waals surface area (Å²) >= 11 is 0. The lowest BCUT2D eigenvalue weighted by Crippen LogP contribution is -1.78. The molecule has 0 amide bonds. The Labute approximate surface area is 77.7 Å². The molecule has 1 nitrogen and oxygen atoms in total.